The first kappa shape index (κ1) is 14.8. The molecule has 6 heteroatoms. The average Bonchev–Trinajstić information content (AvgIpc) is 2.92. The molecule has 0 radical (unpaired) electrons. The zero-order chi connectivity index (χ0) is 14.4. The number of nitrogens with one attached hydrogen (secondary N) is 1. The molecule has 0 saturated carbocycles. The summed E-state index contributed by atoms with van der Waals surface area (Å²) in [5, 5.41) is 8.28. The Kier molecular flexibility index (Phi) is 4.94. The first-order valence-corrected chi connectivity index (χ1v) is 8.10. The Morgan fingerprint density at radius 2 is 1.90 bits per heavy atom. The van der Waals surface area contributed by atoms with Crippen LogP contribution < -0.4 is 10.5 Å². The summed E-state index contributed by atoms with van der Waals surface area (Å²) in [7, 11) is -3.40. The van der Waals surface area contributed by atoms with Gasteiger partial charge in [-0.3, -0.25) is 0 Å². The lowest BCUT2D eigenvalue weighted by Crippen LogP contribution is -2.26. The van der Waals surface area contributed by atoms with Crippen molar-refractivity contribution in [3.8, 4) is 0 Å². The lowest BCUT2D eigenvalue weighted by Gasteiger charge is -2.17. The number of primary sulfonamides is 1. The van der Waals surface area contributed by atoms with E-state index in [2.05, 4.69) is 5.32 Å². The van der Waals surface area contributed by atoms with E-state index in [9.17, 15) is 8.42 Å². The Morgan fingerprint density at radius 3 is 2.50 bits per heavy atom. The van der Waals surface area contributed by atoms with Gasteiger partial charge in [-0.05, 0) is 30.7 Å². The fraction of sp³-hybridized carbons (Fsp3) is 0.286. The van der Waals surface area contributed by atoms with E-state index >= 15 is 0 Å². The van der Waals surface area contributed by atoms with E-state index in [1.807, 2.05) is 42.5 Å². The van der Waals surface area contributed by atoms with Crippen molar-refractivity contribution >= 4 is 10.0 Å². The molecule has 20 heavy (non-hydrogen) atoms. The number of sulfonamides is 1. The van der Waals surface area contributed by atoms with Crippen LogP contribution in [0.1, 0.15) is 23.8 Å². The van der Waals surface area contributed by atoms with Gasteiger partial charge in [0.2, 0.25) is 10.0 Å². The van der Waals surface area contributed by atoms with Gasteiger partial charge < -0.3 is 9.73 Å². The quantitative estimate of drug-likeness (QED) is 0.760. The standard InChI is InChI=1S/C14H18N2O3S/c15-20(17,18)11-5-9-16-14(13-8-4-10-19-13)12-6-2-1-3-7-12/h1-4,6-8,10,14,16H,5,9,11H2,(H2,15,17,18). The van der Waals surface area contributed by atoms with E-state index in [1.54, 1.807) is 6.26 Å². The van der Waals surface area contributed by atoms with Crippen molar-refractivity contribution in [3.63, 3.8) is 0 Å². The molecule has 1 aromatic carbocycles. The van der Waals surface area contributed by atoms with E-state index in [0.717, 1.165) is 11.3 Å². The van der Waals surface area contributed by atoms with Crippen molar-refractivity contribution in [3.05, 3.63) is 60.1 Å². The molecular formula is C14H18N2O3S. The van der Waals surface area contributed by atoms with Gasteiger partial charge in [0.05, 0.1) is 18.1 Å². The Hall–Kier alpha value is -1.63. The molecule has 1 aromatic heterocycles. The van der Waals surface area contributed by atoms with Crippen molar-refractivity contribution in [1.82, 2.24) is 5.32 Å². The first-order valence-electron chi connectivity index (χ1n) is 6.38. The molecule has 1 heterocycles. The van der Waals surface area contributed by atoms with Crippen LogP contribution in [0.3, 0.4) is 0 Å². The van der Waals surface area contributed by atoms with Crippen molar-refractivity contribution in [1.29, 1.82) is 0 Å². The number of benzene rings is 1. The maximum Gasteiger partial charge on any atom is 0.209 e. The van der Waals surface area contributed by atoms with Gasteiger partial charge in [-0.15, -0.1) is 0 Å². The molecule has 0 amide bonds. The van der Waals surface area contributed by atoms with Crippen LogP contribution in [-0.4, -0.2) is 20.7 Å². The number of rotatable bonds is 7. The van der Waals surface area contributed by atoms with Gasteiger partial charge in [-0.1, -0.05) is 30.3 Å². The second-order valence-corrected chi connectivity index (χ2v) is 6.27. The Bertz CT molecular complexity index is 609. The summed E-state index contributed by atoms with van der Waals surface area (Å²) >= 11 is 0. The van der Waals surface area contributed by atoms with Gasteiger partial charge in [0.15, 0.2) is 0 Å². The van der Waals surface area contributed by atoms with Gasteiger partial charge in [0, 0.05) is 0 Å². The average molecular weight is 294 g/mol. The third kappa shape index (κ3) is 4.48. The van der Waals surface area contributed by atoms with E-state index < -0.39 is 10.0 Å². The van der Waals surface area contributed by atoms with Crippen LogP contribution in [0.25, 0.3) is 0 Å². The van der Waals surface area contributed by atoms with Crippen molar-refractivity contribution in [2.75, 3.05) is 12.3 Å². The molecule has 0 aliphatic heterocycles. The van der Waals surface area contributed by atoms with Crippen molar-refractivity contribution < 1.29 is 12.8 Å². The second-order valence-electron chi connectivity index (χ2n) is 4.53. The molecule has 108 valence electrons. The maximum atomic E-state index is 10.9. The molecule has 0 aliphatic carbocycles. The highest BCUT2D eigenvalue weighted by atomic mass is 32.2. The molecule has 2 aromatic rings. The third-order valence-corrected chi connectivity index (χ3v) is 3.77. The summed E-state index contributed by atoms with van der Waals surface area (Å²) in [4.78, 5) is 0. The topological polar surface area (TPSA) is 85.3 Å². The number of hydrogen-bond acceptors (Lipinski definition) is 4. The van der Waals surface area contributed by atoms with E-state index in [4.69, 9.17) is 9.56 Å². The fourth-order valence-electron chi connectivity index (χ4n) is 2.00. The summed E-state index contributed by atoms with van der Waals surface area (Å²) in [6.45, 7) is 0.538. The number of hydrogen-bond donors (Lipinski definition) is 2. The summed E-state index contributed by atoms with van der Waals surface area (Å²) in [6, 6.07) is 13.5. The Balaban J connectivity index is 2.02. The SMILES string of the molecule is NS(=O)(=O)CCCNC(c1ccccc1)c1ccco1. The van der Waals surface area contributed by atoms with Crippen LogP contribution in [0.15, 0.2) is 53.1 Å². The van der Waals surface area contributed by atoms with Crippen LogP contribution in [0.2, 0.25) is 0 Å². The summed E-state index contributed by atoms with van der Waals surface area (Å²) in [5.41, 5.74) is 1.07. The van der Waals surface area contributed by atoms with Crippen LogP contribution in [0.4, 0.5) is 0 Å². The monoisotopic (exact) mass is 294 g/mol. The van der Waals surface area contributed by atoms with Crippen LogP contribution >= 0.6 is 0 Å². The second kappa shape index (κ2) is 6.69. The Morgan fingerprint density at radius 1 is 1.15 bits per heavy atom. The highest BCUT2D eigenvalue weighted by Gasteiger charge is 2.15. The summed E-state index contributed by atoms with van der Waals surface area (Å²) in [5.74, 6) is 0.770. The van der Waals surface area contributed by atoms with Crippen LogP contribution in [-0.2, 0) is 10.0 Å². The first-order chi connectivity index (χ1) is 9.56. The molecule has 3 N–H and O–H groups in total. The van der Waals surface area contributed by atoms with Gasteiger partial charge in [0.1, 0.15) is 5.76 Å². The summed E-state index contributed by atoms with van der Waals surface area (Å²) in [6.07, 6.45) is 2.08. The number of nitrogens with two attached hydrogens (primary N) is 1. The molecule has 0 fully saturated rings. The minimum absolute atomic E-state index is 0.0281. The van der Waals surface area contributed by atoms with Crippen molar-refractivity contribution in [2.45, 2.75) is 12.5 Å². The lowest BCUT2D eigenvalue weighted by atomic mass is 10.0. The molecule has 1 unspecified atom stereocenters. The summed E-state index contributed by atoms with van der Waals surface area (Å²) < 4.78 is 27.3. The normalized spacial score (nSPS) is 13.2. The minimum Gasteiger partial charge on any atom is -0.467 e. The zero-order valence-corrected chi connectivity index (χ0v) is 11.8. The fourth-order valence-corrected chi connectivity index (χ4v) is 2.55. The zero-order valence-electron chi connectivity index (χ0n) is 11.0. The Labute approximate surface area is 118 Å². The third-order valence-electron chi connectivity index (χ3n) is 2.91. The molecule has 5 nitrogen and oxygen atoms in total. The predicted octanol–water partition coefficient (Wildman–Crippen LogP) is 1.64. The highest BCUT2D eigenvalue weighted by Crippen LogP contribution is 2.22. The van der Waals surface area contributed by atoms with Gasteiger partial charge in [0.25, 0.3) is 0 Å². The van der Waals surface area contributed by atoms with Gasteiger partial charge in [-0.25, -0.2) is 13.6 Å². The number of furan rings is 1. The smallest absolute Gasteiger partial charge is 0.209 e. The van der Waals surface area contributed by atoms with Crippen LogP contribution in [0, 0.1) is 0 Å². The molecule has 0 bridgehead atoms. The van der Waals surface area contributed by atoms with E-state index in [-0.39, 0.29) is 11.8 Å². The largest absolute Gasteiger partial charge is 0.467 e. The van der Waals surface area contributed by atoms with Gasteiger partial charge >= 0.3 is 0 Å². The predicted molar refractivity (Wildman–Crippen MR) is 77.6 cm³/mol. The maximum absolute atomic E-state index is 10.9. The molecule has 1 atom stereocenters. The van der Waals surface area contributed by atoms with E-state index in [0.29, 0.717) is 13.0 Å². The van der Waals surface area contributed by atoms with Gasteiger partial charge in [-0.2, -0.15) is 0 Å². The highest BCUT2D eigenvalue weighted by molar-refractivity contribution is 7.89. The van der Waals surface area contributed by atoms with E-state index in [1.165, 1.54) is 0 Å². The lowest BCUT2D eigenvalue weighted by molar-refractivity contribution is 0.446. The van der Waals surface area contributed by atoms with Crippen LogP contribution in [0.5, 0.6) is 0 Å². The minimum atomic E-state index is -3.40. The van der Waals surface area contributed by atoms with Crippen molar-refractivity contribution in [2.24, 2.45) is 5.14 Å². The molecular weight excluding hydrogens is 276 g/mol. The molecule has 0 spiro atoms. The molecule has 2 rings (SSSR count). The molecule has 0 aliphatic rings. The molecule has 0 saturated heterocycles.